The molecular formula is C16H23N3OS. The van der Waals surface area contributed by atoms with Crippen LogP contribution in [-0.4, -0.2) is 23.6 Å². The van der Waals surface area contributed by atoms with Crippen LogP contribution in [0.5, 0.6) is 5.88 Å². The molecule has 2 aromatic rings. The lowest BCUT2D eigenvalue weighted by Gasteiger charge is -2.16. The molecule has 0 aromatic carbocycles. The van der Waals surface area contributed by atoms with Crippen LogP contribution in [-0.2, 0) is 6.42 Å². The van der Waals surface area contributed by atoms with E-state index < -0.39 is 0 Å². The maximum atomic E-state index is 5.13. The molecule has 2 heterocycles. The lowest BCUT2D eigenvalue weighted by molar-refractivity contribution is 0.397. The van der Waals surface area contributed by atoms with Gasteiger partial charge in [0.15, 0.2) is 0 Å². The van der Waals surface area contributed by atoms with E-state index in [2.05, 4.69) is 37.1 Å². The van der Waals surface area contributed by atoms with Gasteiger partial charge in [0.05, 0.1) is 18.8 Å². The number of hydrogen-bond acceptors (Lipinski definition) is 5. The minimum atomic E-state index is 0.104. The Morgan fingerprint density at radius 1 is 1.33 bits per heavy atom. The molecular weight excluding hydrogens is 282 g/mol. The fourth-order valence-corrected chi connectivity index (χ4v) is 3.34. The number of thiazole rings is 1. The fourth-order valence-electron chi connectivity index (χ4n) is 2.22. The summed E-state index contributed by atoms with van der Waals surface area (Å²) in [7, 11) is 1.63. The van der Waals surface area contributed by atoms with Gasteiger partial charge in [-0.1, -0.05) is 19.9 Å². The average Bonchev–Trinajstić information content (AvgIpc) is 2.89. The Morgan fingerprint density at radius 2 is 2.14 bits per heavy atom. The highest BCUT2D eigenvalue weighted by molar-refractivity contribution is 7.11. The van der Waals surface area contributed by atoms with Gasteiger partial charge in [0, 0.05) is 17.1 Å². The number of pyridine rings is 1. The molecule has 0 aliphatic rings. The van der Waals surface area contributed by atoms with Crippen LogP contribution in [0, 0.1) is 6.92 Å². The second-order valence-electron chi connectivity index (χ2n) is 4.93. The van der Waals surface area contributed by atoms with E-state index >= 15 is 0 Å². The molecule has 0 amide bonds. The van der Waals surface area contributed by atoms with Gasteiger partial charge >= 0.3 is 0 Å². The van der Waals surface area contributed by atoms with Gasteiger partial charge < -0.3 is 10.1 Å². The number of ether oxygens (including phenoxy) is 1. The van der Waals surface area contributed by atoms with E-state index in [1.54, 1.807) is 18.4 Å². The normalized spacial score (nSPS) is 12.4. The highest BCUT2D eigenvalue weighted by Crippen LogP contribution is 2.28. The highest BCUT2D eigenvalue weighted by Gasteiger charge is 2.19. The third-order valence-corrected chi connectivity index (χ3v) is 4.47. The van der Waals surface area contributed by atoms with E-state index in [0.29, 0.717) is 5.88 Å². The largest absolute Gasteiger partial charge is 0.481 e. The zero-order valence-electron chi connectivity index (χ0n) is 13.1. The number of nitrogens with one attached hydrogen (secondary N) is 1. The maximum absolute atomic E-state index is 5.13. The van der Waals surface area contributed by atoms with Gasteiger partial charge in [-0.25, -0.2) is 9.97 Å². The summed E-state index contributed by atoms with van der Waals surface area (Å²) in [6, 6.07) is 4.06. The zero-order valence-corrected chi connectivity index (χ0v) is 14.0. The first kappa shape index (κ1) is 15.9. The molecule has 0 saturated carbocycles. The predicted molar refractivity (Wildman–Crippen MR) is 87.2 cm³/mol. The molecule has 21 heavy (non-hydrogen) atoms. The summed E-state index contributed by atoms with van der Waals surface area (Å²) in [6.07, 6.45) is 3.93. The molecule has 5 heteroatoms. The van der Waals surface area contributed by atoms with Crippen LogP contribution in [0.25, 0.3) is 0 Å². The van der Waals surface area contributed by atoms with E-state index in [9.17, 15) is 0 Å². The lowest BCUT2D eigenvalue weighted by atomic mass is 10.1. The van der Waals surface area contributed by atoms with Gasteiger partial charge in [-0.15, -0.1) is 11.3 Å². The minimum absolute atomic E-state index is 0.104. The van der Waals surface area contributed by atoms with Crippen molar-refractivity contribution in [3.63, 3.8) is 0 Å². The van der Waals surface area contributed by atoms with E-state index in [1.165, 1.54) is 10.6 Å². The summed E-state index contributed by atoms with van der Waals surface area (Å²) in [5, 5.41) is 4.69. The Morgan fingerprint density at radius 3 is 2.67 bits per heavy atom. The summed E-state index contributed by atoms with van der Waals surface area (Å²) in [4.78, 5) is 10.4. The fraction of sp³-hybridized carbons (Fsp3) is 0.500. The summed E-state index contributed by atoms with van der Waals surface area (Å²) in [5.41, 5.74) is 2.32. The SMILES string of the molecule is CCCNC(c1ccc(OC)nc1)c1nc(CC)c(C)s1. The molecule has 114 valence electrons. The molecule has 4 nitrogen and oxygen atoms in total. The van der Waals surface area contributed by atoms with Crippen LogP contribution in [0.2, 0.25) is 0 Å². The Balaban J connectivity index is 2.31. The summed E-state index contributed by atoms with van der Waals surface area (Å²) < 4.78 is 5.13. The molecule has 0 radical (unpaired) electrons. The number of nitrogens with zero attached hydrogens (tertiary/aromatic N) is 2. The average molecular weight is 305 g/mol. The molecule has 2 aromatic heterocycles. The Kier molecular flexibility index (Phi) is 5.70. The van der Waals surface area contributed by atoms with Crippen molar-refractivity contribution in [2.24, 2.45) is 0 Å². The van der Waals surface area contributed by atoms with Crippen molar-refractivity contribution in [1.82, 2.24) is 15.3 Å². The number of methoxy groups -OCH3 is 1. The van der Waals surface area contributed by atoms with Crippen molar-refractivity contribution in [1.29, 1.82) is 0 Å². The van der Waals surface area contributed by atoms with Gasteiger partial charge in [0.1, 0.15) is 5.01 Å². The summed E-state index contributed by atoms with van der Waals surface area (Å²) in [5.74, 6) is 0.637. The third kappa shape index (κ3) is 3.80. The molecule has 0 saturated heterocycles. The quantitative estimate of drug-likeness (QED) is 0.850. The van der Waals surface area contributed by atoms with Gasteiger partial charge in [0.25, 0.3) is 0 Å². The van der Waals surface area contributed by atoms with Crippen molar-refractivity contribution in [3.05, 3.63) is 39.5 Å². The van der Waals surface area contributed by atoms with Crippen molar-refractivity contribution in [3.8, 4) is 5.88 Å². The number of hydrogen-bond donors (Lipinski definition) is 1. The maximum Gasteiger partial charge on any atom is 0.212 e. The Bertz CT molecular complexity index is 565. The van der Waals surface area contributed by atoms with Gasteiger partial charge in [-0.3, -0.25) is 0 Å². The molecule has 2 rings (SSSR count). The predicted octanol–water partition coefficient (Wildman–Crippen LogP) is 3.51. The molecule has 1 N–H and O–H groups in total. The Hall–Kier alpha value is -1.46. The standard InChI is InChI=1S/C16H23N3OS/c1-5-9-17-15(12-7-8-14(20-4)18-10-12)16-19-13(6-2)11(3)21-16/h7-8,10,15,17H,5-6,9H2,1-4H3. The number of rotatable bonds is 7. The van der Waals surface area contributed by atoms with Crippen molar-refractivity contribution < 1.29 is 4.74 Å². The van der Waals surface area contributed by atoms with E-state index in [4.69, 9.17) is 9.72 Å². The molecule has 0 aliphatic heterocycles. The summed E-state index contributed by atoms with van der Waals surface area (Å²) in [6.45, 7) is 7.41. The molecule has 1 atom stereocenters. The zero-order chi connectivity index (χ0) is 15.2. The topological polar surface area (TPSA) is 47.0 Å². The lowest BCUT2D eigenvalue weighted by Crippen LogP contribution is -2.23. The molecule has 0 fully saturated rings. The first-order valence-corrected chi connectivity index (χ1v) is 8.20. The van der Waals surface area contributed by atoms with Crippen LogP contribution < -0.4 is 10.1 Å². The van der Waals surface area contributed by atoms with Crippen LogP contribution in [0.4, 0.5) is 0 Å². The van der Waals surface area contributed by atoms with Crippen LogP contribution in [0.1, 0.15) is 47.5 Å². The van der Waals surface area contributed by atoms with Crippen LogP contribution in [0.15, 0.2) is 18.3 Å². The second-order valence-corrected chi connectivity index (χ2v) is 6.16. The highest BCUT2D eigenvalue weighted by atomic mass is 32.1. The van der Waals surface area contributed by atoms with Crippen molar-refractivity contribution in [2.45, 2.75) is 39.7 Å². The van der Waals surface area contributed by atoms with Crippen molar-refractivity contribution >= 4 is 11.3 Å². The molecule has 0 aliphatic carbocycles. The van der Waals surface area contributed by atoms with Gasteiger partial charge in [-0.05, 0) is 31.9 Å². The smallest absolute Gasteiger partial charge is 0.212 e. The first-order chi connectivity index (χ1) is 10.2. The minimum Gasteiger partial charge on any atom is -0.481 e. The molecule has 0 spiro atoms. The van der Waals surface area contributed by atoms with E-state index in [1.807, 2.05) is 12.3 Å². The molecule has 1 unspecified atom stereocenters. The van der Waals surface area contributed by atoms with E-state index in [-0.39, 0.29) is 6.04 Å². The monoisotopic (exact) mass is 305 g/mol. The van der Waals surface area contributed by atoms with Crippen LogP contribution in [0.3, 0.4) is 0 Å². The summed E-state index contributed by atoms with van der Waals surface area (Å²) >= 11 is 1.77. The first-order valence-electron chi connectivity index (χ1n) is 7.39. The van der Waals surface area contributed by atoms with Gasteiger partial charge in [0.2, 0.25) is 5.88 Å². The van der Waals surface area contributed by atoms with E-state index in [0.717, 1.165) is 30.0 Å². The molecule has 0 bridgehead atoms. The number of aromatic nitrogens is 2. The van der Waals surface area contributed by atoms with Crippen molar-refractivity contribution in [2.75, 3.05) is 13.7 Å². The van der Waals surface area contributed by atoms with Gasteiger partial charge in [-0.2, -0.15) is 0 Å². The van der Waals surface area contributed by atoms with Crippen LogP contribution >= 0.6 is 11.3 Å². The Labute approximate surface area is 130 Å². The second kappa shape index (κ2) is 7.52. The third-order valence-electron chi connectivity index (χ3n) is 3.39. The number of aryl methyl sites for hydroxylation is 2.